The minimum Gasteiger partial charge on any atom is -0.366 e. The van der Waals surface area contributed by atoms with Crippen LogP contribution in [0.4, 0.5) is 0 Å². The molecule has 0 aromatic rings. The van der Waals surface area contributed by atoms with Gasteiger partial charge in [0, 0.05) is 0 Å². The first-order chi connectivity index (χ1) is 6.09. The molecule has 0 aliphatic carbocycles. The Morgan fingerprint density at radius 3 is 1.07 bits per heavy atom. The van der Waals surface area contributed by atoms with Gasteiger partial charge in [0.2, 0.25) is 0 Å². The maximum Gasteiger partial charge on any atom is 0.185 e. The minimum absolute atomic E-state index is 0.210. The number of halogens is 4. The highest BCUT2D eigenvalue weighted by Gasteiger charge is 2.39. The monoisotopic (exact) mass is 286 g/mol. The van der Waals surface area contributed by atoms with Gasteiger partial charge in [-0.1, -0.05) is 46.4 Å². The third-order valence-electron chi connectivity index (χ3n) is 1.55. The van der Waals surface area contributed by atoms with Crippen molar-refractivity contribution in [3.63, 3.8) is 0 Å². The number of hydrogen-bond donors (Lipinski definition) is 4. The zero-order chi connectivity index (χ0) is 11.6. The van der Waals surface area contributed by atoms with Crippen molar-refractivity contribution in [3.05, 3.63) is 0 Å². The summed E-state index contributed by atoms with van der Waals surface area (Å²) < 4.78 is -3.69. The first-order valence-electron chi connectivity index (χ1n) is 3.57. The van der Waals surface area contributed by atoms with E-state index in [9.17, 15) is 0 Å². The number of hydrogen-bond acceptors (Lipinski definition) is 4. The van der Waals surface area contributed by atoms with Crippen LogP contribution in [0.2, 0.25) is 0 Å². The smallest absolute Gasteiger partial charge is 0.185 e. The molecule has 0 aromatic carbocycles. The van der Waals surface area contributed by atoms with E-state index in [1.165, 1.54) is 0 Å². The Bertz CT molecular complexity index is 163. The van der Waals surface area contributed by atoms with Crippen molar-refractivity contribution in [2.75, 3.05) is 0 Å². The van der Waals surface area contributed by atoms with E-state index in [1.54, 1.807) is 0 Å². The van der Waals surface area contributed by atoms with Crippen molar-refractivity contribution in [1.29, 1.82) is 0 Å². The van der Waals surface area contributed by atoms with E-state index in [1.807, 2.05) is 0 Å². The second-order valence-corrected chi connectivity index (χ2v) is 5.85. The molecule has 0 bridgehead atoms. The van der Waals surface area contributed by atoms with E-state index in [4.69, 9.17) is 66.8 Å². The summed E-state index contributed by atoms with van der Waals surface area (Å²) in [6.45, 7) is 0. The fourth-order valence-corrected chi connectivity index (χ4v) is 0.969. The zero-order valence-electron chi connectivity index (χ0n) is 6.87. The van der Waals surface area contributed by atoms with Crippen LogP contribution in [0, 0.1) is 0 Å². The van der Waals surface area contributed by atoms with E-state index >= 15 is 0 Å². The number of alkyl halides is 4. The Labute approximate surface area is 101 Å². The average molecular weight is 288 g/mol. The lowest BCUT2D eigenvalue weighted by atomic mass is 10.1. The number of aliphatic hydroxyl groups is 4. The van der Waals surface area contributed by atoms with Crippen LogP contribution in [-0.4, -0.2) is 41.7 Å². The van der Waals surface area contributed by atoms with Crippen molar-refractivity contribution >= 4 is 46.4 Å². The Kier molecular flexibility index (Phi) is 5.75. The molecule has 0 aliphatic heterocycles. The Balaban J connectivity index is 4.18. The average Bonchev–Trinajstić information content (AvgIpc) is 2.01. The molecule has 0 atom stereocenters. The Morgan fingerprint density at radius 1 is 0.714 bits per heavy atom. The van der Waals surface area contributed by atoms with Gasteiger partial charge >= 0.3 is 0 Å². The SMILES string of the molecule is OC(O)C(Cl)(Cl)CCC(Cl)(Cl)C(O)O. The molecule has 14 heavy (non-hydrogen) atoms. The normalized spacial score (nSPS) is 14.1. The minimum atomic E-state index is -1.97. The van der Waals surface area contributed by atoms with E-state index in [2.05, 4.69) is 0 Å². The van der Waals surface area contributed by atoms with E-state index in [0.717, 1.165) is 0 Å². The first kappa shape index (κ1) is 15.0. The van der Waals surface area contributed by atoms with Crippen LogP contribution >= 0.6 is 46.4 Å². The molecule has 4 nitrogen and oxygen atoms in total. The lowest BCUT2D eigenvalue weighted by Gasteiger charge is -2.26. The van der Waals surface area contributed by atoms with Crippen LogP contribution in [0.1, 0.15) is 12.8 Å². The summed E-state index contributed by atoms with van der Waals surface area (Å²) in [5, 5.41) is 34.8. The summed E-state index contributed by atoms with van der Waals surface area (Å²) in [6.07, 6.45) is -4.35. The van der Waals surface area contributed by atoms with Gasteiger partial charge in [0.1, 0.15) is 0 Å². The topological polar surface area (TPSA) is 80.9 Å². The van der Waals surface area contributed by atoms with Crippen LogP contribution < -0.4 is 0 Å². The third-order valence-corrected chi connectivity index (χ3v) is 3.08. The van der Waals surface area contributed by atoms with Gasteiger partial charge in [-0.25, -0.2) is 0 Å². The molecule has 0 aliphatic rings. The molecule has 0 radical (unpaired) electrons. The second kappa shape index (κ2) is 5.37. The largest absolute Gasteiger partial charge is 0.366 e. The molecule has 0 spiro atoms. The summed E-state index contributed by atoms with van der Waals surface area (Å²) >= 11 is 21.9. The van der Waals surface area contributed by atoms with Crippen molar-refractivity contribution in [2.24, 2.45) is 0 Å². The van der Waals surface area contributed by atoms with E-state index in [-0.39, 0.29) is 12.8 Å². The quantitative estimate of drug-likeness (QED) is 0.444. The van der Waals surface area contributed by atoms with Crippen molar-refractivity contribution in [3.8, 4) is 0 Å². The van der Waals surface area contributed by atoms with Gasteiger partial charge in [0.25, 0.3) is 0 Å². The molecule has 0 amide bonds. The Morgan fingerprint density at radius 2 is 0.929 bits per heavy atom. The second-order valence-electron chi connectivity index (χ2n) is 2.77. The molecule has 4 N–H and O–H groups in total. The van der Waals surface area contributed by atoms with Crippen LogP contribution in [0.3, 0.4) is 0 Å². The predicted molar refractivity (Wildman–Crippen MR) is 54.6 cm³/mol. The third kappa shape index (κ3) is 4.68. The molecule has 0 fully saturated rings. The van der Waals surface area contributed by atoms with Crippen LogP contribution in [0.25, 0.3) is 0 Å². The molecule has 0 heterocycles. The fourth-order valence-electron chi connectivity index (χ4n) is 0.592. The highest BCUT2D eigenvalue weighted by atomic mass is 35.5. The van der Waals surface area contributed by atoms with Gasteiger partial charge in [0.15, 0.2) is 21.2 Å². The van der Waals surface area contributed by atoms with Crippen molar-refractivity contribution in [1.82, 2.24) is 0 Å². The molecule has 0 saturated carbocycles. The van der Waals surface area contributed by atoms with Crippen LogP contribution in [0.5, 0.6) is 0 Å². The van der Waals surface area contributed by atoms with Gasteiger partial charge in [-0.2, -0.15) is 0 Å². The summed E-state index contributed by atoms with van der Waals surface area (Å²) in [5.41, 5.74) is 0. The van der Waals surface area contributed by atoms with E-state index < -0.39 is 21.2 Å². The molecule has 0 aromatic heterocycles. The molecule has 0 unspecified atom stereocenters. The van der Waals surface area contributed by atoms with Crippen molar-refractivity contribution < 1.29 is 20.4 Å². The van der Waals surface area contributed by atoms with E-state index in [0.29, 0.717) is 0 Å². The van der Waals surface area contributed by atoms with Gasteiger partial charge in [0.05, 0.1) is 0 Å². The van der Waals surface area contributed by atoms with Gasteiger partial charge in [-0.3, -0.25) is 0 Å². The molecule has 86 valence electrons. The predicted octanol–water partition coefficient (Wildman–Crippen LogP) is 0.736. The molecular weight excluding hydrogens is 278 g/mol. The number of aliphatic hydroxyl groups excluding tert-OH is 2. The molecule has 0 rings (SSSR count). The number of rotatable bonds is 5. The lowest BCUT2D eigenvalue weighted by Crippen LogP contribution is -2.36. The maximum atomic E-state index is 8.70. The standard InChI is InChI=1S/C6H10Cl4O4/c7-5(8,3(11)12)1-2-6(9,10)4(13)14/h3-4,11-14H,1-2H2. The molecule has 0 saturated heterocycles. The maximum absolute atomic E-state index is 8.70. The highest BCUT2D eigenvalue weighted by Crippen LogP contribution is 2.37. The summed E-state index contributed by atoms with van der Waals surface area (Å²) in [6, 6.07) is 0. The molecule has 8 heteroatoms. The Hall–Kier alpha value is 1.000. The van der Waals surface area contributed by atoms with Gasteiger partial charge in [-0.15, -0.1) is 0 Å². The van der Waals surface area contributed by atoms with Crippen LogP contribution in [0.15, 0.2) is 0 Å². The summed E-state index contributed by atoms with van der Waals surface area (Å²) in [5.74, 6) is 0. The zero-order valence-corrected chi connectivity index (χ0v) is 9.89. The van der Waals surface area contributed by atoms with Crippen LogP contribution in [-0.2, 0) is 0 Å². The lowest BCUT2D eigenvalue weighted by molar-refractivity contribution is -0.0653. The van der Waals surface area contributed by atoms with Crippen molar-refractivity contribution in [2.45, 2.75) is 34.1 Å². The first-order valence-corrected chi connectivity index (χ1v) is 5.09. The molecular formula is C6H10Cl4O4. The summed E-state index contributed by atoms with van der Waals surface area (Å²) in [4.78, 5) is 0. The van der Waals surface area contributed by atoms with Gasteiger partial charge < -0.3 is 20.4 Å². The summed E-state index contributed by atoms with van der Waals surface area (Å²) in [7, 11) is 0. The highest BCUT2D eigenvalue weighted by molar-refractivity contribution is 6.50. The van der Waals surface area contributed by atoms with Gasteiger partial charge in [-0.05, 0) is 12.8 Å². The fraction of sp³-hybridized carbons (Fsp3) is 1.00.